The Morgan fingerprint density at radius 2 is 1.65 bits per heavy atom. The zero-order chi connectivity index (χ0) is 37.0. The lowest BCUT2D eigenvalue weighted by atomic mass is 9.70. The van der Waals surface area contributed by atoms with E-state index in [1.165, 1.54) is 4.90 Å². The van der Waals surface area contributed by atoms with Crippen LogP contribution < -0.4 is 10.2 Å². The van der Waals surface area contributed by atoms with Gasteiger partial charge in [0.05, 0.1) is 37.1 Å². The minimum absolute atomic E-state index is 0.0356. The molecule has 3 amide bonds. The third kappa shape index (κ3) is 6.68. The van der Waals surface area contributed by atoms with Crippen LogP contribution in [0.25, 0.3) is 0 Å². The fraction of sp³-hybridized carbons (Fsp3) is 0.381. The first-order valence-corrected chi connectivity index (χ1v) is 17.9. The van der Waals surface area contributed by atoms with E-state index in [4.69, 9.17) is 9.47 Å². The number of carbonyl (C=O) groups excluding carboxylic acids is 4. The van der Waals surface area contributed by atoms with E-state index >= 15 is 4.79 Å². The average molecular weight is 706 g/mol. The molecule has 3 aliphatic heterocycles. The first-order chi connectivity index (χ1) is 25.2. The van der Waals surface area contributed by atoms with E-state index in [0.717, 1.165) is 11.1 Å². The summed E-state index contributed by atoms with van der Waals surface area (Å²) in [7, 11) is 0. The number of rotatable bonds is 15. The Morgan fingerprint density at radius 3 is 2.27 bits per heavy atom. The number of fused-ring (bicyclic) bond motifs is 1. The van der Waals surface area contributed by atoms with E-state index in [-0.39, 0.29) is 31.3 Å². The van der Waals surface area contributed by atoms with Crippen molar-refractivity contribution in [1.82, 2.24) is 10.2 Å². The van der Waals surface area contributed by atoms with E-state index < -0.39 is 60.2 Å². The SMILES string of the molecule is C=CCCC(=O)NC[C@H](OC(=O)[C@@H]1[C@@H]2CC[C@]3(O2)[C@H](C(=O)N(CC=C)c2c(C)cccc2C)N([C@H](CO)c2ccccc2)C(=O)[C@@H]13)c1ccccc1. The predicted octanol–water partition coefficient (Wildman–Crippen LogP) is 5.30. The van der Waals surface area contributed by atoms with Gasteiger partial charge in [0, 0.05) is 18.7 Å². The molecule has 3 fully saturated rings. The molecule has 2 bridgehead atoms. The lowest BCUT2D eigenvalue weighted by Gasteiger charge is -2.40. The number of amides is 3. The molecule has 0 radical (unpaired) electrons. The number of ether oxygens (including phenoxy) is 2. The van der Waals surface area contributed by atoms with Gasteiger partial charge < -0.3 is 29.7 Å². The second kappa shape index (κ2) is 15.7. The van der Waals surface area contributed by atoms with Crippen LogP contribution in [-0.4, -0.2) is 71.1 Å². The number of anilines is 1. The Labute approximate surface area is 305 Å². The number of aliphatic hydroxyl groups excluding tert-OH is 1. The second-order valence-electron chi connectivity index (χ2n) is 13.9. The van der Waals surface area contributed by atoms with E-state index in [0.29, 0.717) is 36.1 Å². The highest BCUT2D eigenvalue weighted by atomic mass is 16.6. The van der Waals surface area contributed by atoms with Crippen molar-refractivity contribution in [2.75, 3.05) is 24.6 Å². The van der Waals surface area contributed by atoms with Crippen molar-refractivity contribution in [3.05, 3.63) is 126 Å². The largest absolute Gasteiger partial charge is 0.455 e. The maximum atomic E-state index is 15.2. The Balaban J connectivity index is 1.39. The molecule has 10 nitrogen and oxygen atoms in total. The van der Waals surface area contributed by atoms with Gasteiger partial charge in [0.2, 0.25) is 11.8 Å². The summed E-state index contributed by atoms with van der Waals surface area (Å²) < 4.78 is 12.9. The summed E-state index contributed by atoms with van der Waals surface area (Å²) in [5, 5.41) is 13.8. The van der Waals surface area contributed by atoms with Crippen molar-refractivity contribution in [3.63, 3.8) is 0 Å². The van der Waals surface area contributed by atoms with Crippen LogP contribution >= 0.6 is 0 Å². The van der Waals surface area contributed by atoms with Crippen molar-refractivity contribution in [2.45, 2.75) is 69.4 Å². The molecule has 3 aromatic carbocycles. The first-order valence-electron chi connectivity index (χ1n) is 17.9. The number of likely N-dealkylation sites (tertiary alicyclic amines) is 1. The molecule has 1 spiro atoms. The van der Waals surface area contributed by atoms with Crippen LogP contribution in [0.15, 0.2) is 104 Å². The highest BCUT2D eigenvalue weighted by Crippen LogP contribution is 2.60. The van der Waals surface area contributed by atoms with Crippen LogP contribution in [0, 0.1) is 25.7 Å². The van der Waals surface area contributed by atoms with Crippen LogP contribution in [0.5, 0.6) is 0 Å². The normalized spacial score (nSPS) is 24.1. The molecule has 3 aromatic rings. The van der Waals surface area contributed by atoms with Crippen LogP contribution in [0.3, 0.4) is 0 Å². The van der Waals surface area contributed by atoms with Gasteiger partial charge in [0.1, 0.15) is 17.7 Å². The van der Waals surface area contributed by atoms with Gasteiger partial charge in [-0.2, -0.15) is 0 Å². The van der Waals surface area contributed by atoms with E-state index in [2.05, 4.69) is 18.5 Å². The maximum absolute atomic E-state index is 15.2. The number of para-hydroxylation sites is 1. The summed E-state index contributed by atoms with van der Waals surface area (Å²) in [5.74, 6) is -3.70. The molecule has 6 rings (SSSR count). The molecule has 3 heterocycles. The van der Waals surface area contributed by atoms with Gasteiger partial charge in [-0.3, -0.25) is 19.2 Å². The summed E-state index contributed by atoms with van der Waals surface area (Å²) >= 11 is 0. The number of hydrogen-bond donors (Lipinski definition) is 2. The van der Waals surface area contributed by atoms with Gasteiger partial charge in [0.25, 0.3) is 5.91 Å². The monoisotopic (exact) mass is 705 g/mol. The summed E-state index contributed by atoms with van der Waals surface area (Å²) in [6.07, 6.45) is 3.39. The Bertz CT molecular complexity index is 1790. The van der Waals surface area contributed by atoms with Crippen molar-refractivity contribution < 1.29 is 33.8 Å². The number of allylic oxidation sites excluding steroid dienone is 1. The Kier molecular flexibility index (Phi) is 11.1. The predicted molar refractivity (Wildman–Crippen MR) is 197 cm³/mol. The van der Waals surface area contributed by atoms with Crippen molar-refractivity contribution in [1.29, 1.82) is 0 Å². The zero-order valence-corrected chi connectivity index (χ0v) is 29.8. The van der Waals surface area contributed by atoms with Crippen molar-refractivity contribution >= 4 is 29.4 Å². The maximum Gasteiger partial charge on any atom is 0.313 e. The first kappa shape index (κ1) is 36.7. The molecule has 3 saturated heterocycles. The minimum Gasteiger partial charge on any atom is -0.455 e. The van der Waals surface area contributed by atoms with Crippen LogP contribution in [0.1, 0.15) is 60.1 Å². The highest BCUT2D eigenvalue weighted by molar-refractivity contribution is 6.05. The smallest absolute Gasteiger partial charge is 0.313 e. The molecule has 272 valence electrons. The second-order valence-corrected chi connectivity index (χ2v) is 13.9. The highest BCUT2D eigenvalue weighted by Gasteiger charge is 2.76. The van der Waals surface area contributed by atoms with Gasteiger partial charge in [-0.1, -0.05) is 91.0 Å². The molecule has 3 aliphatic rings. The van der Waals surface area contributed by atoms with Gasteiger partial charge in [-0.15, -0.1) is 13.2 Å². The van der Waals surface area contributed by atoms with Crippen LogP contribution in [0.4, 0.5) is 5.69 Å². The molecule has 0 aromatic heterocycles. The molecule has 10 heteroatoms. The standard InChI is InChI=1S/C42H47N3O7/c1-5-7-21-34(47)43-25-33(30-19-12-9-13-20-30)51-41(50)35-32-22-23-42(52-32)36(35)39(48)45(31(26-46)29-17-10-8-11-18-29)38(42)40(49)44(24-6-2)37-27(3)15-14-16-28(37)4/h5-6,8-20,31-33,35-36,38,46H,1-2,7,21-26H2,3-4H3,(H,43,47)/t31-,32+,33+,35-,36-,38+,42-/m1/s1. The topological polar surface area (TPSA) is 125 Å². The number of esters is 1. The molecular weight excluding hydrogens is 658 g/mol. The number of hydrogen-bond acceptors (Lipinski definition) is 7. The van der Waals surface area contributed by atoms with Gasteiger partial charge in [-0.25, -0.2) is 0 Å². The third-order valence-corrected chi connectivity index (χ3v) is 10.7. The fourth-order valence-electron chi connectivity index (χ4n) is 8.45. The molecule has 0 aliphatic carbocycles. The summed E-state index contributed by atoms with van der Waals surface area (Å²) in [6, 6.07) is 22.0. The zero-order valence-electron chi connectivity index (χ0n) is 29.8. The minimum atomic E-state index is -1.35. The van der Waals surface area contributed by atoms with Gasteiger partial charge in [0.15, 0.2) is 0 Å². The van der Waals surface area contributed by atoms with Gasteiger partial charge >= 0.3 is 5.97 Å². The molecule has 2 N–H and O–H groups in total. The molecule has 52 heavy (non-hydrogen) atoms. The number of aliphatic hydroxyl groups is 1. The van der Waals surface area contributed by atoms with Crippen molar-refractivity contribution in [2.24, 2.45) is 11.8 Å². The molecular formula is C42H47N3O7. The number of nitrogens with zero attached hydrogens (tertiary/aromatic N) is 2. The number of aryl methyl sites for hydroxylation is 2. The molecule has 0 unspecified atom stereocenters. The van der Waals surface area contributed by atoms with Crippen LogP contribution in [-0.2, 0) is 28.7 Å². The molecule has 7 atom stereocenters. The number of nitrogens with one attached hydrogen (secondary N) is 1. The van der Waals surface area contributed by atoms with Gasteiger partial charge in [-0.05, 0) is 55.4 Å². The average Bonchev–Trinajstić information content (AvgIpc) is 3.80. The Hall–Kier alpha value is -5.06. The molecule has 0 saturated carbocycles. The van der Waals surface area contributed by atoms with E-state index in [1.807, 2.05) is 92.7 Å². The van der Waals surface area contributed by atoms with Crippen molar-refractivity contribution in [3.8, 4) is 0 Å². The number of benzene rings is 3. The lowest BCUT2D eigenvalue weighted by Crippen LogP contribution is -2.57. The summed E-state index contributed by atoms with van der Waals surface area (Å²) in [4.78, 5) is 60.2. The van der Waals surface area contributed by atoms with Crippen LogP contribution in [0.2, 0.25) is 0 Å². The summed E-state index contributed by atoms with van der Waals surface area (Å²) in [5.41, 5.74) is 2.46. The summed E-state index contributed by atoms with van der Waals surface area (Å²) in [6.45, 7) is 11.2. The van der Waals surface area contributed by atoms with E-state index in [9.17, 15) is 19.5 Å². The Morgan fingerprint density at radius 1 is 1.00 bits per heavy atom. The quantitative estimate of drug-likeness (QED) is 0.163. The lowest BCUT2D eigenvalue weighted by molar-refractivity contribution is -0.161. The third-order valence-electron chi connectivity index (χ3n) is 10.7. The number of carbonyl (C=O) groups is 4. The fourth-order valence-corrected chi connectivity index (χ4v) is 8.45. The van der Waals surface area contributed by atoms with E-state index in [1.54, 1.807) is 17.1 Å².